The molecule has 52 valence electrons. The number of hydrogen-bond donors (Lipinski definition) is 2. The average molecular weight is 135 g/mol. The molecule has 0 aromatic carbocycles. The van der Waals surface area contributed by atoms with E-state index in [1.54, 1.807) is 0 Å². The SMILES string of the molecule is Nc1cc2c(cn1)CNC2. The lowest BCUT2D eigenvalue weighted by molar-refractivity contribution is 0.764. The summed E-state index contributed by atoms with van der Waals surface area (Å²) in [6.07, 6.45) is 1.84. The van der Waals surface area contributed by atoms with E-state index >= 15 is 0 Å². The molecule has 0 unspecified atom stereocenters. The fourth-order valence-corrected chi connectivity index (χ4v) is 1.20. The lowest BCUT2D eigenvalue weighted by atomic mass is 10.2. The van der Waals surface area contributed by atoms with E-state index in [-0.39, 0.29) is 0 Å². The molecule has 0 saturated carbocycles. The zero-order valence-corrected chi connectivity index (χ0v) is 5.59. The van der Waals surface area contributed by atoms with Crippen molar-refractivity contribution in [2.75, 3.05) is 5.73 Å². The van der Waals surface area contributed by atoms with Crippen LogP contribution in [-0.2, 0) is 13.1 Å². The largest absolute Gasteiger partial charge is 0.384 e. The molecule has 2 rings (SSSR count). The normalized spacial score (nSPS) is 15.2. The number of pyridine rings is 1. The Hall–Kier alpha value is -1.09. The molecule has 0 radical (unpaired) electrons. The van der Waals surface area contributed by atoms with E-state index in [0.29, 0.717) is 5.82 Å². The Bertz CT molecular complexity index is 257. The zero-order valence-electron chi connectivity index (χ0n) is 5.59. The van der Waals surface area contributed by atoms with Crippen LogP contribution >= 0.6 is 0 Å². The smallest absolute Gasteiger partial charge is 0.123 e. The molecule has 3 N–H and O–H groups in total. The molecular formula is C7H9N3. The van der Waals surface area contributed by atoms with Crippen molar-refractivity contribution < 1.29 is 0 Å². The van der Waals surface area contributed by atoms with Crippen molar-refractivity contribution in [1.29, 1.82) is 0 Å². The molecule has 0 spiro atoms. The number of rotatable bonds is 0. The first-order chi connectivity index (χ1) is 4.86. The predicted molar refractivity (Wildman–Crippen MR) is 39.2 cm³/mol. The molecular weight excluding hydrogens is 126 g/mol. The molecule has 0 saturated heterocycles. The Morgan fingerprint density at radius 2 is 2.20 bits per heavy atom. The topological polar surface area (TPSA) is 50.9 Å². The lowest BCUT2D eigenvalue weighted by Gasteiger charge is -1.96. The van der Waals surface area contributed by atoms with Crippen LogP contribution in [0.2, 0.25) is 0 Å². The van der Waals surface area contributed by atoms with E-state index in [1.807, 2.05) is 12.3 Å². The van der Waals surface area contributed by atoms with Gasteiger partial charge in [-0.25, -0.2) is 4.98 Å². The molecule has 1 aromatic rings. The number of nitrogen functional groups attached to an aromatic ring is 1. The highest BCUT2D eigenvalue weighted by atomic mass is 14.9. The Labute approximate surface area is 59.3 Å². The van der Waals surface area contributed by atoms with Crippen molar-refractivity contribution in [3.05, 3.63) is 23.4 Å². The third-order valence-electron chi connectivity index (χ3n) is 1.73. The van der Waals surface area contributed by atoms with Crippen LogP contribution in [-0.4, -0.2) is 4.98 Å². The summed E-state index contributed by atoms with van der Waals surface area (Å²) in [5.41, 5.74) is 8.05. The first-order valence-electron chi connectivity index (χ1n) is 3.30. The monoisotopic (exact) mass is 135 g/mol. The van der Waals surface area contributed by atoms with Crippen LogP contribution in [0.3, 0.4) is 0 Å². The van der Waals surface area contributed by atoms with E-state index in [1.165, 1.54) is 11.1 Å². The number of fused-ring (bicyclic) bond motifs is 1. The standard InChI is InChI=1S/C7H9N3/c8-7-1-5-2-9-3-6(5)4-10-7/h1,4,9H,2-3H2,(H2,8,10). The number of nitrogens with two attached hydrogens (primary N) is 1. The van der Waals surface area contributed by atoms with Crippen LogP contribution in [0.25, 0.3) is 0 Å². The number of hydrogen-bond acceptors (Lipinski definition) is 3. The molecule has 1 aromatic heterocycles. The van der Waals surface area contributed by atoms with Crippen LogP contribution in [0.1, 0.15) is 11.1 Å². The summed E-state index contributed by atoms with van der Waals surface area (Å²) < 4.78 is 0. The maximum Gasteiger partial charge on any atom is 0.123 e. The highest BCUT2D eigenvalue weighted by Crippen LogP contribution is 2.15. The molecule has 3 heteroatoms. The maximum atomic E-state index is 5.49. The summed E-state index contributed by atoms with van der Waals surface area (Å²) in [6.45, 7) is 1.87. The van der Waals surface area contributed by atoms with Crippen LogP contribution in [0.15, 0.2) is 12.3 Å². The zero-order chi connectivity index (χ0) is 6.97. The summed E-state index contributed by atoms with van der Waals surface area (Å²) >= 11 is 0. The van der Waals surface area contributed by atoms with Crippen molar-refractivity contribution >= 4 is 5.82 Å². The van der Waals surface area contributed by atoms with E-state index in [9.17, 15) is 0 Å². The van der Waals surface area contributed by atoms with Crippen molar-refractivity contribution in [2.24, 2.45) is 0 Å². The Balaban J connectivity index is 2.52. The second kappa shape index (κ2) is 1.95. The number of aromatic nitrogens is 1. The predicted octanol–water partition coefficient (Wildman–Crippen LogP) is 0.267. The maximum absolute atomic E-state index is 5.49. The van der Waals surface area contributed by atoms with Gasteiger partial charge in [-0.15, -0.1) is 0 Å². The fourth-order valence-electron chi connectivity index (χ4n) is 1.20. The van der Waals surface area contributed by atoms with Gasteiger partial charge >= 0.3 is 0 Å². The van der Waals surface area contributed by atoms with Crippen LogP contribution in [0.4, 0.5) is 5.82 Å². The molecule has 0 amide bonds. The van der Waals surface area contributed by atoms with Gasteiger partial charge in [0.1, 0.15) is 5.82 Å². The molecule has 1 aliphatic rings. The number of nitrogens with one attached hydrogen (secondary N) is 1. The van der Waals surface area contributed by atoms with Crippen LogP contribution in [0, 0.1) is 0 Å². The second-order valence-corrected chi connectivity index (χ2v) is 2.48. The highest BCUT2D eigenvalue weighted by Gasteiger charge is 2.09. The fraction of sp³-hybridized carbons (Fsp3) is 0.286. The van der Waals surface area contributed by atoms with Gasteiger partial charge in [0.05, 0.1) is 0 Å². The lowest BCUT2D eigenvalue weighted by Crippen LogP contribution is -1.99. The Kier molecular flexibility index (Phi) is 1.11. The molecule has 0 fully saturated rings. The van der Waals surface area contributed by atoms with Gasteiger partial charge in [0.15, 0.2) is 0 Å². The Morgan fingerprint density at radius 3 is 3.10 bits per heavy atom. The third kappa shape index (κ3) is 0.752. The van der Waals surface area contributed by atoms with Crippen molar-refractivity contribution in [2.45, 2.75) is 13.1 Å². The van der Waals surface area contributed by atoms with Gasteiger partial charge in [0.25, 0.3) is 0 Å². The van der Waals surface area contributed by atoms with E-state index in [0.717, 1.165) is 13.1 Å². The van der Waals surface area contributed by atoms with Gasteiger partial charge in [0, 0.05) is 19.3 Å². The molecule has 0 bridgehead atoms. The molecule has 0 atom stereocenters. The average Bonchev–Trinajstić information content (AvgIpc) is 2.33. The molecule has 10 heavy (non-hydrogen) atoms. The second-order valence-electron chi connectivity index (χ2n) is 2.48. The summed E-state index contributed by atoms with van der Waals surface area (Å²) in [7, 11) is 0. The van der Waals surface area contributed by atoms with E-state index < -0.39 is 0 Å². The van der Waals surface area contributed by atoms with Gasteiger partial charge in [0.2, 0.25) is 0 Å². The number of anilines is 1. The third-order valence-corrected chi connectivity index (χ3v) is 1.73. The first-order valence-corrected chi connectivity index (χ1v) is 3.30. The molecule has 0 aliphatic carbocycles. The van der Waals surface area contributed by atoms with Gasteiger partial charge in [-0.05, 0) is 17.2 Å². The minimum Gasteiger partial charge on any atom is -0.384 e. The van der Waals surface area contributed by atoms with Gasteiger partial charge in [-0.3, -0.25) is 0 Å². The van der Waals surface area contributed by atoms with Gasteiger partial charge in [-0.2, -0.15) is 0 Å². The van der Waals surface area contributed by atoms with Crippen molar-refractivity contribution in [3.8, 4) is 0 Å². The highest BCUT2D eigenvalue weighted by molar-refractivity contribution is 5.38. The molecule has 3 nitrogen and oxygen atoms in total. The minimum absolute atomic E-state index is 0.613. The summed E-state index contributed by atoms with van der Waals surface area (Å²) in [5, 5.41) is 3.22. The molecule has 2 heterocycles. The quantitative estimate of drug-likeness (QED) is 0.536. The van der Waals surface area contributed by atoms with E-state index in [4.69, 9.17) is 5.73 Å². The Morgan fingerprint density at radius 1 is 1.40 bits per heavy atom. The minimum atomic E-state index is 0.613. The molecule has 1 aliphatic heterocycles. The summed E-state index contributed by atoms with van der Waals surface area (Å²) in [6, 6.07) is 1.93. The number of nitrogens with zero attached hydrogens (tertiary/aromatic N) is 1. The summed E-state index contributed by atoms with van der Waals surface area (Å²) in [4.78, 5) is 3.99. The van der Waals surface area contributed by atoms with Crippen LogP contribution < -0.4 is 11.1 Å². The van der Waals surface area contributed by atoms with Gasteiger partial charge in [-0.1, -0.05) is 0 Å². The van der Waals surface area contributed by atoms with Crippen LogP contribution in [0.5, 0.6) is 0 Å². The van der Waals surface area contributed by atoms with Crippen molar-refractivity contribution in [3.63, 3.8) is 0 Å². The first kappa shape index (κ1) is 5.68. The van der Waals surface area contributed by atoms with Crippen molar-refractivity contribution in [1.82, 2.24) is 10.3 Å². The summed E-state index contributed by atoms with van der Waals surface area (Å²) in [5.74, 6) is 0.613. The van der Waals surface area contributed by atoms with E-state index in [2.05, 4.69) is 10.3 Å². The van der Waals surface area contributed by atoms with Gasteiger partial charge < -0.3 is 11.1 Å².